The van der Waals surface area contributed by atoms with Crippen LogP contribution in [0.1, 0.15) is 55.4 Å². The fourth-order valence-corrected chi connectivity index (χ4v) is 2.85. The zero-order valence-electron chi connectivity index (χ0n) is 14.5. The second kappa shape index (κ2) is 6.58. The normalized spacial score (nSPS) is 26.7. The lowest BCUT2D eigenvalue weighted by atomic mass is 9.79. The van der Waals surface area contributed by atoms with Crippen LogP contribution in [0.15, 0.2) is 0 Å². The van der Waals surface area contributed by atoms with E-state index in [1.54, 1.807) is 0 Å². The molecule has 1 N–H and O–H groups in total. The molecular formula is C17H36N2. The minimum absolute atomic E-state index is 0.395. The van der Waals surface area contributed by atoms with Crippen LogP contribution in [-0.2, 0) is 0 Å². The van der Waals surface area contributed by atoms with Gasteiger partial charge in [-0.15, -0.1) is 0 Å². The van der Waals surface area contributed by atoms with Gasteiger partial charge in [0.25, 0.3) is 0 Å². The van der Waals surface area contributed by atoms with Crippen molar-refractivity contribution in [2.45, 2.75) is 67.5 Å². The molecule has 0 spiro atoms. The van der Waals surface area contributed by atoms with Gasteiger partial charge in [0, 0.05) is 31.7 Å². The van der Waals surface area contributed by atoms with Crippen molar-refractivity contribution in [3.63, 3.8) is 0 Å². The minimum atomic E-state index is 0.395. The van der Waals surface area contributed by atoms with Crippen LogP contribution >= 0.6 is 0 Å². The van der Waals surface area contributed by atoms with Crippen molar-refractivity contribution < 1.29 is 0 Å². The smallest absolute Gasteiger partial charge is 0.0244 e. The SMILES string of the molecule is CC(C)C1CN(CC(C)(C)C(C)C)C(C(C)C)CN1. The van der Waals surface area contributed by atoms with Crippen LogP contribution in [0.4, 0.5) is 0 Å². The molecule has 0 saturated carbocycles. The summed E-state index contributed by atoms with van der Waals surface area (Å²) in [6.07, 6.45) is 0. The van der Waals surface area contributed by atoms with E-state index in [-0.39, 0.29) is 0 Å². The molecule has 0 aromatic heterocycles. The molecule has 0 aliphatic carbocycles. The first kappa shape index (κ1) is 17.0. The van der Waals surface area contributed by atoms with E-state index >= 15 is 0 Å². The standard InChI is InChI=1S/C17H36N2/c1-12(2)15-10-19(11-17(7,8)14(5)6)16(9-18-15)13(3)4/h12-16,18H,9-11H2,1-8H3. The van der Waals surface area contributed by atoms with Gasteiger partial charge < -0.3 is 5.32 Å². The third-order valence-corrected chi connectivity index (χ3v) is 5.24. The number of nitrogens with zero attached hydrogens (tertiary/aromatic N) is 1. The van der Waals surface area contributed by atoms with E-state index in [2.05, 4.69) is 65.6 Å². The number of piperazine rings is 1. The maximum atomic E-state index is 3.75. The molecule has 1 rings (SSSR count). The zero-order chi connectivity index (χ0) is 14.8. The van der Waals surface area contributed by atoms with Crippen molar-refractivity contribution in [3.05, 3.63) is 0 Å². The average molecular weight is 268 g/mol. The van der Waals surface area contributed by atoms with E-state index in [4.69, 9.17) is 0 Å². The maximum Gasteiger partial charge on any atom is 0.0244 e. The molecule has 1 aliphatic heterocycles. The Hall–Kier alpha value is -0.0800. The minimum Gasteiger partial charge on any atom is -0.311 e. The molecule has 0 radical (unpaired) electrons. The Labute approximate surface area is 121 Å². The Kier molecular flexibility index (Phi) is 5.88. The van der Waals surface area contributed by atoms with Crippen molar-refractivity contribution in [1.29, 1.82) is 0 Å². The summed E-state index contributed by atoms with van der Waals surface area (Å²) in [4.78, 5) is 2.76. The van der Waals surface area contributed by atoms with Gasteiger partial charge in [-0.3, -0.25) is 4.90 Å². The highest BCUT2D eigenvalue weighted by Crippen LogP contribution is 2.30. The Balaban J connectivity index is 2.77. The predicted octanol–water partition coefficient (Wildman–Crippen LogP) is 3.62. The molecule has 0 aromatic carbocycles. The highest BCUT2D eigenvalue weighted by molar-refractivity contribution is 4.91. The van der Waals surface area contributed by atoms with Crippen molar-refractivity contribution in [3.8, 4) is 0 Å². The molecule has 0 aromatic rings. The summed E-state index contributed by atoms with van der Waals surface area (Å²) in [5.41, 5.74) is 0.395. The van der Waals surface area contributed by atoms with Crippen molar-refractivity contribution in [2.75, 3.05) is 19.6 Å². The predicted molar refractivity (Wildman–Crippen MR) is 85.4 cm³/mol. The number of hydrogen-bond acceptors (Lipinski definition) is 2. The summed E-state index contributed by atoms with van der Waals surface area (Å²) in [5, 5.41) is 3.75. The Morgan fingerprint density at radius 2 is 1.63 bits per heavy atom. The lowest BCUT2D eigenvalue weighted by Crippen LogP contribution is -2.61. The molecule has 2 atom stereocenters. The lowest BCUT2D eigenvalue weighted by molar-refractivity contribution is 0.0363. The van der Waals surface area contributed by atoms with Gasteiger partial charge in [-0.2, -0.15) is 0 Å². The van der Waals surface area contributed by atoms with E-state index in [0.717, 1.165) is 24.3 Å². The van der Waals surface area contributed by atoms with Gasteiger partial charge >= 0.3 is 0 Å². The highest BCUT2D eigenvalue weighted by Gasteiger charge is 2.35. The van der Waals surface area contributed by atoms with Crippen molar-refractivity contribution in [2.24, 2.45) is 23.2 Å². The molecule has 1 aliphatic rings. The quantitative estimate of drug-likeness (QED) is 0.819. The molecule has 1 fully saturated rings. The molecule has 19 heavy (non-hydrogen) atoms. The lowest BCUT2D eigenvalue weighted by Gasteiger charge is -2.47. The van der Waals surface area contributed by atoms with E-state index in [1.807, 2.05) is 0 Å². The maximum absolute atomic E-state index is 3.75. The Morgan fingerprint density at radius 3 is 2.05 bits per heavy atom. The third kappa shape index (κ3) is 4.46. The van der Waals surface area contributed by atoms with Gasteiger partial charge in [-0.1, -0.05) is 55.4 Å². The fraction of sp³-hybridized carbons (Fsp3) is 1.00. The molecule has 114 valence electrons. The van der Waals surface area contributed by atoms with Gasteiger partial charge in [-0.05, 0) is 23.2 Å². The molecular weight excluding hydrogens is 232 g/mol. The summed E-state index contributed by atoms with van der Waals surface area (Å²) in [6.45, 7) is 22.5. The van der Waals surface area contributed by atoms with Crippen LogP contribution in [0.2, 0.25) is 0 Å². The number of hydrogen-bond donors (Lipinski definition) is 1. The van der Waals surface area contributed by atoms with Gasteiger partial charge in [0.15, 0.2) is 0 Å². The summed E-state index contributed by atoms with van der Waals surface area (Å²) in [7, 11) is 0. The Morgan fingerprint density at radius 1 is 1.05 bits per heavy atom. The topological polar surface area (TPSA) is 15.3 Å². The summed E-state index contributed by atoms with van der Waals surface area (Å²) < 4.78 is 0. The monoisotopic (exact) mass is 268 g/mol. The summed E-state index contributed by atoms with van der Waals surface area (Å²) in [5.74, 6) is 2.18. The van der Waals surface area contributed by atoms with E-state index in [1.165, 1.54) is 13.1 Å². The largest absolute Gasteiger partial charge is 0.311 e. The molecule has 0 bridgehead atoms. The number of rotatable bonds is 5. The van der Waals surface area contributed by atoms with Crippen LogP contribution < -0.4 is 5.32 Å². The van der Waals surface area contributed by atoms with Crippen LogP contribution in [0, 0.1) is 23.2 Å². The second-order valence-corrected chi connectivity index (χ2v) is 8.14. The van der Waals surface area contributed by atoms with Gasteiger partial charge in [-0.25, -0.2) is 0 Å². The summed E-state index contributed by atoms with van der Waals surface area (Å²) in [6, 6.07) is 1.34. The second-order valence-electron chi connectivity index (χ2n) is 8.14. The molecule has 2 heteroatoms. The van der Waals surface area contributed by atoms with E-state index in [9.17, 15) is 0 Å². The third-order valence-electron chi connectivity index (χ3n) is 5.24. The van der Waals surface area contributed by atoms with E-state index in [0.29, 0.717) is 17.5 Å². The number of nitrogens with one attached hydrogen (secondary N) is 1. The first-order valence-corrected chi connectivity index (χ1v) is 8.12. The Bertz CT molecular complexity index is 268. The zero-order valence-corrected chi connectivity index (χ0v) is 14.5. The first-order chi connectivity index (χ1) is 8.65. The van der Waals surface area contributed by atoms with Crippen LogP contribution in [0.3, 0.4) is 0 Å². The van der Waals surface area contributed by atoms with Crippen LogP contribution in [0.25, 0.3) is 0 Å². The fourth-order valence-electron chi connectivity index (χ4n) is 2.85. The molecule has 1 saturated heterocycles. The molecule has 2 unspecified atom stereocenters. The van der Waals surface area contributed by atoms with Crippen molar-refractivity contribution >= 4 is 0 Å². The van der Waals surface area contributed by atoms with Crippen LogP contribution in [0.5, 0.6) is 0 Å². The van der Waals surface area contributed by atoms with Crippen molar-refractivity contribution in [1.82, 2.24) is 10.2 Å². The van der Waals surface area contributed by atoms with E-state index < -0.39 is 0 Å². The van der Waals surface area contributed by atoms with Gasteiger partial charge in [0.1, 0.15) is 0 Å². The molecule has 1 heterocycles. The van der Waals surface area contributed by atoms with Crippen LogP contribution in [-0.4, -0.2) is 36.6 Å². The first-order valence-electron chi connectivity index (χ1n) is 8.12. The van der Waals surface area contributed by atoms with Gasteiger partial charge in [0.2, 0.25) is 0 Å². The molecule has 0 amide bonds. The summed E-state index contributed by atoms with van der Waals surface area (Å²) >= 11 is 0. The average Bonchev–Trinajstić information content (AvgIpc) is 2.27. The highest BCUT2D eigenvalue weighted by atomic mass is 15.2. The molecule has 2 nitrogen and oxygen atoms in total. The van der Waals surface area contributed by atoms with Gasteiger partial charge in [0.05, 0.1) is 0 Å².